The first kappa shape index (κ1) is 22.7. The minimum absolute atomic E-state index is 0.208. The number of nitrogens with two attached hydrogens (primary N) is 1. The van der Waals surface area contributed by atoms with E-state index in [0.29, 0.717) is 41.0 Å². The number of nitrogen functional groups attached to an aromatic ring is 1. The Balaban J connectivity index is 1.38. The molecule has 1 aliphatic heterocycles. The summed E-state index contributed by atoms with van der Waals surface area (Å²) < 4.78 is 5.26. The molecule has 1 aliphatic carbocycles. The third kappa shape index (κ3) is 6.01. The first-order valence-electron chi connectivity index (χ1n) is 10.9. The first-order chi connectivity index (χ1) is 14.5. The molecule has 1 unspecified atom stereocenters. The van der Waals surface area contributed by atoms with Crippen molar-refractivity contribution in [2.75, 3.05) is 45.6 Å². The number of carbonyl (C=O) groups excluding carboxylic acids is 2. The summed E-state index contributed by atoms with van der Waals surface area (Å²) >= 11 is 6.06. The van der Waals surface area contributed by atoms with Gasteiger partial charge >= 0.3 is 0 Å². The second-order valence-electron chi connectivity index (χ2n) is 8.37. The number of likely N-dealkylation sites (tertiary alicyclic amines) is 1. The molecule has 1 saturated heterocycles. The highest BCUT2D eigenvalue weighted by Gasteiger charge is 2.25. The van der Waals surface area contributed by atoms with Crippen LogP contribution in [0.3, 0.4) is 0 Å². The van der Waals surface area contributed by atoms with Gasteiger partial charge in [0.25, 0.3) is 5.91 Å². The molecule has 2 aliphatic rings. The van der Waals surface area contributed by atoms with E-state index in [-0.39, 0.29) is 17.7 Å². The summed E-state index contributed by atoms with van der Waals surface area (Å²) in [5, 5.41) is 6.42. The maximum absolute atomic E-state index is 12.6. The summed E-state index contributed by atoms with van der Waals surface area (Å²) in [6, 6.07) is 3.11. The standard InChI is InChI=1S/C22H33ClN4O3/c1-30-20-12-19(24)18(23)11-17(20)22(29)26-13-15-7-9-27(14-15)10-8-25-21(28)16-5-3-2-4-6-16/h11-12,15-16H,2-10,13-14,24H2,1H3,(H,25,28)(H,26,29). The molecule has 0 radical (unpaired) electrons. The number of rotatable bonds is 8. The average Bonchev–Trinajstić information content (AvgIpc) is 3.21. The van der Waals surface area contributed by atoms with Gasteiger partial charge in [-0.05, 0) is 37.8 Å². The number of hydrogen-bond donors (Lipinski definition) is 3. The SMILES string of the molecule is COc1cc(N)c(Cl)cc1C(=O)NCC1CCN(CCNC(=O)C2CCCCC2)C1. The molecule has 3 rings (SSSR count). The van der Waals surface area contributed by atoms with E-state index in [1.165, 1.54) is 26.4 Å². The van der Waals surface area contributed by atoms with Gasteiger partial charge in [-0.15, -0.1) is 0 Å². The van der Waals surface area contributed by atoms with Crippen LogP contribution >= 0.6 is 11.6 Å². The van der Waals surface area contributed by atoms with Crippen molar-refractivity contribution in [1.82, 2.24) is 15.5 Å². The number of methoxy groups -OCH3 is 1. The maximum Gasteiger partial charge on any atom is 0.255 e. The number of ether oxygens (including phenoxy) is 1. The van der Waals surface area contributed by atoms with Crippen molar-refractivity contribution < 1.29 is 14.3 Å². The fraction of sp³-hybridized carbons (Fsp3) is 0.636. The lowest BCUT2D eigenvalue weighted by Gasteiger charge is -2.22. The maximum atomic E-state index is 12.6. The van der Waals surface area contributed by atoms with Crippen molar-refractivity contribution in [3.05, 3.63) is 22.7 Å². The summed E-state index contributed by atoms with van der Waals surface area (Å²) in [5.41, 5.74) is 6.55. The number of carbonyl (C=O) groups is 2. The second kappa shape index (κ2) is 10.9. The molecule has 0 aromatic heterocycles. The van der Waals surface area contributed by atoms with E-state index in [1.54, 1.807) is 12.1 Å². The molecule has 1 aromatic rings. The fourth-order valence-corrected chi connectivity index (χ4v) is 4.54. The van der Waals surface area contributed by atoms with E-state index in [4.69, 9.17) is 22.1 Å². The van der Waals surface area contributed by atoms with E-state index in [1.807, 2.05) is 0 Å². The lowest BCUT2D eigenvalue weighted by Crippen LogP contribution is -2.38. The molecular formula is C22H33ClN4O3. The van der Waals surface area contributed by atoms with E-state index in [0.717, 1.165) is 38.9 Å². The zero-order valence-electron chi connectivity index (χ0n) is 17.7. The fourth-order valence-electron chi connectivity index (χ4n) is 4.38. The molecule has 7 nitrogen and oxygen atoms in total. The Morgan fingerprint density at radius 2 is 1.97 bits per heavy atom. The van der Waals surface area contributed by atoms with Gasteiger partial charge in [0.05, 0.1) is 23.4 Å². The van der Waals surface area contributed by atoms with Gasteiger partial charge in [0.2, 0.25) is 5.91 Å². The van der Waals surface area contributed by atoms with Crippen LogP contribution in [0.15, 0.2) is 12.1 Å². The van der Waals surface area contributed by atoms with Gasteiger partial charge in [0, 0.05) is 38.2 Å². The van der Waals surface area contributed by atoms with Crippen LogP contribution in [-0.4, -0.2) is 56.5 Å². The Kier molecular flexibility index (Phi) is 8.22. The van der Waals surface area contributed by atoms with E-state index >= 15 is 0 Å². The van der Waals surface area contributed by atoms with E-state index < -0.39 is 0 Å². The minimum atomic E-state index is -0.216. The Morgan fingerprint density at radius 1 is 1.20 bits per heavy atom. The topological polar surface area (TPSA) is 96.7 Å². The van der Waals surface area contributed by atoms with Crippen molar-refractivity contribution in [3.63, 3.8) is 0 Å². The third-order valence-corrected chi connectivity index (χ3v) is 6.52. The largest absolute Gasteiger partial charge is 0.496 e. The Morgan fingerprint density at radius 3 is 2.70 bits per heavy atom. The van der Waals surface area contributed by atoms with Gasteiger partial charge in [-0.1, -0.05) is 30.9 Å². The summed E-state index contributed by atoms with van der Waals surface area (Å²) in [6.07, 6.45) is 6.69. The molecule has 0 bridgehead atoms. The van der Waals surface area contributed by atoms with E-state index in [2.05, 4.69) is 15.5 Å². The summed E-state index contributed by atoms with van der Waals surface area (Å²) in [4.78, 5) is 27.2. The molecule has 1 atom stereocenters. The zero-order chi connectivity index (χ0) is 21.5. The number of anilines is 1. The van der Waals surface area contributed by atoms with E-state index in [9.17, 15) is 9.59 Å². The molecule has 8 heteroatoms. The van der Waals surface area contributed by atoms with Gasteiger partial charge < -0.3 is 26.0 Å². The smallest absolute Gasteiger partial charge is 0.255 e. The van der Waals surface area contributed by atoms with Crippen LogP contribution < -0.4 is 21.1 Å². The predicted molar refractivity (Wildman–Crippen MR) is 119 cm³/mol. The Bertz CT molecular complexity index is 752. The molecule has 4 N–H and O–H groups in total. The van der Waals surface area contributed by atoms with Crippen LogP contribution in [0.4, 0.5) is 5.69 Å². The van der Waals surface area contributed by atoms with Crippen molar-refractivity contribution >= 4 is 29.1 Å². The van der Waals surface area contributed by atoms with Gasteiger partial charge in [0.15, 0.2) is 0 Å². The second-order valence-corrected chi connectivity index (χ2v) is 8.77. The Hall–Kier alpha value is -1.99. The molecule has 0 spiro atoms. The number of amides is 2. The summed E-state index contributed by atoms with van der Waals surface area (Å²) in [6.45, 7) is 4.03. The molecule has 30 heavy (non-hydrogen) atoms. The molecule has 2 amide bonds. The average molecular weight is 437 g/mol. The normalized spacial score (nSPS) is 20.1. The monoisotopic (exact) mass is 436 g/mol. The number of nitrogens with one attached hydrogen (secondary N) is 2. The van der Waals surface area contributed by atoms with Crippen molar-refractivity contribution in [2.45, 2.75) is 38.5 Å². The van der Waals surface area contributed by atoms with Gasteiger partial charge in [-0.3, -0.25) is 9.59 Å². The quantitative estimate of drug-likeness (QED) is 0.544. The molecule has 166 valence electrons. The van der Waals surface area contributed by atoms with Crippen LogP contribution in [0.5, 0.6) is 5.75 Å². The highest BCUT2D eigenvalue weighted by molar-refractivity contribution is 6.33. The van der Waals surface area contributed by atoms with Gasteiger partial charge in [0.1, 0.15) is 5.75 Å². The van der Waals surface area contributed by atoms with Crippen molar-refractivity contribution in [1.29, 1.82) is 0 Å². The van der Waals surface area contributed by atoms with Gasteiger partial charge in [-0.2, -0.15) is 0 Å². The molecule has 2 fully saturated rings. The number of nitrogens with zero attached hydrogens (tertiary/aromatic N) is 1. The van der Waals surface area contributed by atoms with Crippen molar-refractivity contribution in [3.8, 4) is 5.75 Å². The molecule has 1 saturated carbocycles. The number of halogens is 1. The van der Waals surface area contributed by atoms with Crippen LogP contribution in [0.1, 0.15) is 48.9 Å². The van der Waals surface area contributed by atoms with Crippen LogP contribution in [0, 0.1) is 11.8 Å². The number of hydrogen-bond acceptors (Lipinski definition) is 5. The Labute approximate surface area is 183 Å². The van der Waals surface area contributed by atoms with Crippen LogP contribution in [0.2, 0.25) is 5.02 Å². The molecule has 1 heterocycles. The third-order valence-electron chi connectivity index (χ3n) is 6.19. The van der Waals surface area contributed by atoms with Crippen LogP contribution in [-0.2, 0) is 4.79 Å². The highest BCUT2D eigenvalue weighted by atomic mass is 35.5. The van der Waals surface area contributed by atoms with Crippen LogP contribution in [0.25, 0.3) is 0 Å². The summed E-state index contributed by atoms with van der Waals surface area (Å²) in [7, 11) is 1.50. The lowest BCUT2D eigenvalue weighted by atomic mass is 9.89. The minimum Gasteiger partial charge on any atom is -0.496 e. The summed E-state index contributed by atoms with van der Waals surface area (Å²) in [5.74, 6) is 1.01. The lowest BCUT2D eigenvalue weighted by molar-refractivity contribution is -0.125. The van der Waals surface area contributed by atoms with Gasteiger partial charge in [-0.25, -0.2) is 0 Å². The molecule has 1 aromatic carbocycles. The van der Waals surface area contributed by atoms with Crippen molar-refractivity contribution in [2.24, 2.45) is 11.8 Å². The first-order valence-corrected chi connectivity index (χ1v) is 11.3. The molecular weight excluding hydrogens is 404 g/mol. The highest BCUT2D eigenvalue weighted by Crippen LogP contribution is 2.29. The number of benzene rings is 1. The zero-order valence-corrected chi connectivity index (χ0v) is 18.5. The predicted octanol–water partition coefficient (Wildman–Crippen LogP) is 2.68.